The van der Waals surface area contributed by atoms with E-state index in [1.807, 2.05) is 25.1 Å². The number of anilines is 2. The Kier molecular flexibility index (Phi) is 5.68. The molecule has 3 heterocycles. The predicted molar refractivity (Wildman–Crippen MR) is 127 cm³/mol. The van der Waals surface area contributed by atoms with E-state index in [9.17, 15) is 14.4 Å². The van der Waals surface area contributed by atoms with Crippen molar-refractivity contribution < 1.29 is 14.4 Å². The summed E-state index contributed by atoms with van der Waals surface area (Å²) in [5, 5.41) is 7.70. The summed E-state index contributed by atoms with van der Waals surface area (Å²) in [6, 6.07) is 5.43. The third kappa shape index (κ3) is 3.81. The molecule has 1 aromatic carbocycles. The van der Waals surface area contributed by atoms with Crippen LogP contribution in [0.1, 0.15) is 51.9 Å². The zero-order valence-electron chi connectivity index (χ0n) is 19.1. The molecule has 3 fully saturated rings. The molecule has 2 aliphatic heterocycles. The number of benzene rings is 1. The summed E-state index contributed by atoms with van der Waals surface area (Å²) in [5.74, 6) is -0.607. The van der Waals surface area contributed by atoms with E-state index >= 15 is 0 Å². The molecule has 33 heavy (non-hydrogen) atoms. The number of piperidine rings is 1. The van der Waals surface area contributed by atoms with Gasteiger partial charge in [0.15, 0.2) is 0 Å². The van der Waals surface area contributed by atoms with Gasteiger partial charge in [-0.3, -0.25) is 19.5 Å². The summed E-state index contributed by atoms with van der Waals surface area (Å²) in [6.45, 7) is 3.75. The number of urea groups is 1. The lowest BCUT2D eigenvalue weighted by atomic mass is 9.73. The molecular formula is C25H31N5O3. The van der Waals surface area contributed by atoms with E-state index in [0.29, 0.717) is 12.1 Å². The van der Waals surface area contributed by atoms with Crippen molar-refractivity contribution in [2.24, 2.45) is 5.92 Å². The minimum atomic E-state index is -0.859. The van der Waals surface area contributed by atoms with Gasteiger partial charge >= 0.3 is 6.03 Å². The number of nitrogens with zero attached hydrogens (tertiary/aromatic N) is 3. The van der Waals surface area contributed by atoms with E-state index in [0.717, 1.165) is 53.7 Å². The molecule has 5 rings (SSSR count). The molecular weight excluding hydrogens is 418 g/mol. The van der Waals surface area contributed by atoms with Gasteiger partial charge in [-0.25, -0.2) is 4.79 Å². The Labute approximate surface area is 193 Å². The fourth-order valence-electron chi connectivity index (χ4n) is 5.67. The third-order valence-electron chi connectivity index (χ3n) is 7.57. The fourth-order valence-corrected chi connectivity index (χ4v) is 5.67. The van der Waals surface area contributed by atoms with E-state index in [1.165, 1.54) is 19.3 Å². The minimum absolute atomic E-state index is 0.0631. The highest BCUT2D eigenvalue weighted by atomic mass is 16.2. The molecule has 0 bridgehead atoms. The molecule has 2 saturated heterocycles. The average Bonchev–Trinajstić information content (AvgIpc) is 3.06. The zero-order chi connectivity index (χ0) is 23.0. The Morgan fingerprint density at radius 2 is 1.94 bits per heavy atom. The first-order valence-electron chi connectivity index (χ1n) is 12.1. The summed E-state index contributed by atoms with van der Waals surface area (Å²) in [5.41, 5.74) is 0.923. The van der Waals surface area contributed by atoms with Gasteiger partial charge in [-0.15, -0.1) is 0 Å². The van der Waals surface area contributed by atoms with Crippen LogP contribution in [0.5, 0.6) is 0 Å². The lowest BCUT2D eigenvalue weighted by Crippen LogP contribution is -2.54. The number of nitrogens with one attached hydrogen (secondary N) is 2. The van der Waals surface area contributed by atoms with Crippen LogP contribution < -0.4 is 15.5 Å². The van der Waals surface area contributed by atoms with E-state index in [2.05, 4.69) is 20.5 Å². The molecule has 174 valence electrons. The number of pyridine rings is 1. The predicted octanol–water partition coefficient (Wildman–Crippen LogP) is 3.66. The van der Waals surface area contributed by atoms with Crippen LogP contribution in [-0.4, -0.2) is 52.9 Å². The van der Waals surface area contributed by atoms with Crippen molar-refractivity contribution in [1.29, 1.82) is 0 Å². The van der Waals surface area contributed by atoms with Crippen molar-refractivity contribution in [3.05, 3.63) is 30.6 Å². The first-order valence-corrected chi connectivity index (χ1v) is 12.1. The Morgan fingerprint density at radius 1 is 1.12 bits per heavy atom. The number of aromatic nitrogens is 1. The van der Waals surface area contributed by atoms with Gasteiger partial charge in [0.25, 0.3) is 5.91 Å². The van der Waals surface area contributed by atoms with Gasteiger partial charge in [-0.2, -0.15) is 0 Å². The first-order chi connectivity index (χ1) is 16.0. The standard InChI is InChI=1S/C25H31N5O3/c1-17-7-3-4-11-25(17)23(32)30(24(33)28-25)16-22(31)27-20-8-9-21(29-13-5-2-6-14-29)18-10-12-26-15-19(18)20/h8-10,12,15,17H,2-7,11,13-14,16H2,1H3,(H,27,31)(H,28,33)/t17-,25-/m0/s1. The maximum absolute atomic E-state index is 13.2. The zero-order valence-corrected chi connectivity index (χ0v) is 19.1. The highest BCUT2D eigenvalue weighted by molar-refractivity contribution is 6.12. The van der Waals surface area contributed by atoms with Crippen LogP contribution >= 0.6 is 0 Å². The van der Waals surface area contributed by atoms with Crippen LogP contribution in [0, 0.1) is 5.92 Å². The van der Waals surface area contributed by atoms with Gasteiger partial charge in [0.1, 0.15) is 12.1 Å². The number of imide groups is 1. The van der Waals surface area contributed by atoms with Crippen LogP contribution in [0.25, 0.3) is 10.8 Å². The Balaban J connectivity index is 1.35. The van der Waals surface area contributed by atoms with Crippen molar-refractivity contribution in [2.45, 2.75) is 57.4 Å². The number of hydrogen-bond acceptors (Lipinski definition) is 5. The highest BCUT2D eigenvalue weighted by Gasteiger charge is 2.55. The SMILES string of the molecule is C[C@H]1CCCC[C@]12NC(=O)N(CC(=O)Nc1ccc(N3CCCCC3)c3ccncc13)C2=O. The molecule has 2 atom stereocenters. The summed E-state index contributed by atoms with van der Waals surface area (Å²) >= 11 is 0. The van der Waals surface area contributed by atoms with Crippen LogP contribution in [-0.2, 0) is 9.59 Å². The first kappa shape index (κ1) is 21.7. The molecule has 1 spiro atoms. The van der Waals surface area contributed by atoms with Crippen LogP contribution in [0.2, 0.25) is 0 Å². The van der Waals surface area contributed by atoms with Crippen molar-refractivity contribution >= 4 is 40.0 Å². The molecule has 0 unspecified atom stereocenters. The maximum Gasteiger partial charge on any atom is 0.325 e. The van der Waals surface area contributed by atoms with Crippen LogP contribution in [0.4, 0.5) is 16.2 Å². The second-order valence-electron chi connectivity index (χ2n) is 9.59. The third-order valence-corrected chi connectivity index (χ3v) is 7.57. The molecule has 2 aromatic rings. The Bertz CT molecular complexity index is 1100. The summed E-state index contributed by atoms with van der Waals surface area (Å²) < 4.78 is 0. The number of amides is 4. The van der Waals surface area contributed by atoms with E-state index < -0.39 is 17.5 Å². The number of carbonyl (C=O) groups is 3. The van der Waals surface area contributed by atoms with Gasteiger partial charge in [-0.05, 0) is 56.2 Å². The summed E-state index contributed by atoms with van der Waals surface area (Å²) in [4.78, 5) is 46.4. The fraction of sp³-hybridized carbons (Fsp3) is 0.520. The lowest BCUT2D eigenvalue weighted by molar-refractivity contribution is -0.136. The van der Waals surface area contributed by atoms with Gasteiger partial charge in [0.2, 0.25) is 5.91 Å². The number of fused-ring (bicyclic) bond motifs is 1. The normalized spacial score (nSPS) is 25.5. The smallest absolute Gasteiger partial charge is 0.325 e. The number of carbonyl (C=O) groups excluding carboxylic acids is 3. The maximum atomic E-state index is 13.2. The molecule has 3 aliphatic rings. The van der Waals surface area contributed by atoms with Crippen LogP contribution in [0.15, 0.2) is 30.6 Å². The molecule has 2 N–H and O–H groups in total. The second kappa shape index (κ2) is 8.65. The van der Waals surface area contributed by atoms with Crippen molar-refractivity contribution in [2.75, 3.05) is 29.9 Å². The molecule has 4 amide bonds. The molecule has 1 aromatic heterocycles. The molecule has 1 aliphatic carbocycles. The van der Waals surface area contributed by atoms with Gasteiger partial charge < -0.3 is 15.5 Å². The average molecular weight is 450 g/mol. The lowest BCUT2D eigenvalue weighted by Gasteiger charge is -2.36. The summed E-state index contributed by atoms with van der Waals surface area (Å²) in [7, 11) is 0. The van der Waals surface area contributed by atoms with Crippen molar-refractivity contribution in [1.82, 2.24) is 15.2 Å². The largest absolute Gasteiger partial charge is 0.371 e. The van der Waals surface area contributed by atoms with Crippen molar-refractivity contribution in [3.63, 3.8) is 0 Å². The minimum Gasteiger partial charge on any atom is -0.371 e. The number of hydrogen-bond donors (Lipinski definition) is 2. The Morgan fingerprint density at radius 3 is 2.73 bits per heavy atom. The van der Waals surface area contributed by atoms with Gasteiger partial charge in [0.05, 0.1) is 5.69 Å². The molecule has 1 saturated carbocycles. The quantitative estimate of drug-likeness (QED) is 0.695. The molecule has 8 nitrogen and oxygen atoms in total. The Hall–Kier alpha value is -3.16. The number of rotatable bonds is 4. The van der Waals surface area contributed by atoms with Gasteiger partial charge in [0, 0.05) is 41.9 Å². The second-order valence-corrected chi connectivity index (χ2v) is 9.59. The van der Waals surface area contributed by atoms with E-state index in [1.54, 1.807) is 12.4 Å². The molecule has 0 radical (unpaired) electrons. The topological polar surface area (TPSA) is 94.6 Å². The van der Waals surface area contributed by atoms with E-state index in [-0.39, 0.29) is 18.4 Å². The summed E-state index contributed by atoms with van der Waals surface area (Å²) in [6.07, 6.45) is 10.6. The van der Waals surface area contributed by atoms with Crippen molar-refractivity contribution in [3.8, 4) is 0 Å². The van der Waals surface area contributed by atoms with Crippen LogP contribution in [0.3, 0.4) is 0 Å². The monoisotopic (exact) mass is 449 g/mol. The highest BCUT2D eigenvalue weighted by Crippen LogP contribution is 2.38. The van der Waals surface area contributed by atoms with Gasteiger partial charge in [-0.1, -0.05) is 19.8 Å². The van der Waals surface area contributed by atoms with E-state index in [4.69, 9.17) is 0 Å². The molecule has 8 heteroatoms.